The molecule has 2 saturated heterocycles. The summed E-state index contributed by atoms with van der Waals surface area (Å²) in [5, 5.41) is 2.96. The van der Waals surface area contributed by atoms with E-state index in [0.717, 1.165) is 24.8 Å². The first-order valence-corrected chi connectivity index (χ1v) is 8.69. The molecule has 6 heteroatoms. The molecule has 0 saturated carbocycles. The number of benzene rings is 1. The Morgan fingerprint density at radius 1 is 1.20 bits per heavy atom. The van der Waals surface area contributed by atoms with Crippen LogP contribution in [0.1, 0.15) is 31.7 Å². The number of carbonyl (C=O) groups excluding carboxylic acids is 1. The summed E-state index contributed by atoms with van der Waals surface area (Å²) in [6.45, 7) is 4.13. The van der Waals surface area contributed by atoms with E-state index in [2.05, 4.69) is 22.2 Å². The van der Waals surface area contributed by atoms with E-state index in [1.54, 1.807) is 6.07 Å². The molecule has 2 fully saturated rings. The molecule has 4 rings (SSSR count). The van der Waals surface area contributed by atoms with E-state index in [1.807, 2.05) is 24.0 Å². The van der Waals surface area contributed by atoms with Crippen LogP contribution in [-0.2, 0) is 0 Å². The van der Waals surface area contributed by atoms with Crippen LogP contribution in [-0.4, -0.2) is 33.0 Å². The third-order valence-corrected chi connectivity index (χ3v) is 5.31. The zero-order valence-electron chi connectivity index (χ0n) is 14.4. The van der Waals surface area contributed by atoms with Crippen LogP contribution in [0.25, 0.3) is 11.3 Å². The number of hydrogen-bond donors (Lipinski definition) is 1. The topological polar surface area (TPSA) is 58.1 Å². The summed E-state index contributed by atoms with van der Waals surface area (Å²) in [5.74, 6) is 0.0822. The van der Waals surface area contributed by atoms with Crippen LogP contribution in [0.3, 0.4) is 0 Å². The smallest absolute Gasteiger partial charge is 0.318 e. The van der Waals surface area contributed by atoms with E-state index in [0.29, 0.717) is 29.3 Å². The second-order valence-corrected chi connectivity index (χ2v) is 7.18. The SMILES string of the molecule is Cc1ccc(NC(=O)N2C3CC(C)C[C@H]2C3)cc1-c1nccnc1F. The van der Waals surface area contributed by atoms with Crippen LogP contribution in [0.2, 0.25) is 0 Å². The predicted octanol–water partition coefficient (Wildman–Crippen LogP) is 4.00. The van der Waals surface area contributed by atoms with Crippen molar-refractivity contribution >= 4 is 11.7 Å². The van der Waals surface area contributed by atoms with E-state index in [-0.39, 0.29) is 11.7 Å². The first kappa shape index (κ1) is 16.0. The molecule has 25 heavy (non-hydrogen) atoms. The standard InChI is InChI=1S/C19H21FN4O/c1-11-7-14-10-15(8-11)24(14)19(25)23-13-4-3-12(2)16(9-13)17-18(20)22-6-5-21-17/h3-6,9,11,14-15H,7-8,10H2,1-2H3,(H,23,25)/t11?,14-,15?/m0/s1. The van der Waals surface area contributed by atoms with Crippen molar-refractivity contribution < 1.29 is 9.18 Å². The number of piperidine rings is 1. The lowest BCUT2D eigenvalue weighted by molar-refractivity contribution is -0.00600. The summed E-state index contributed by atoms with van der Waals surface area (Å²) in [6, 6.07) is 6.11. The Kier molecular flexibility index (Phi) is 3.90. The molecule has 2 amide bonds. The first-order chi connectivity index (χ1) is 12.0. The number of aryl methyl sites for hydroxylation is 1. The molecule has 2 aromatic rings. The van der Waals surface area contributed by atoms with Gasteiger partial charge in [0.1, 0.15) is 5.69 Å². The average molecular weight is 340 g/mol. The second kappa shape index (κ2) is 6.10. The van der Waals surface area contributed by atoms with E-state index >= 15 is 0 Å². The fourth-order valence-electron chi connectivity index (χ4n) is 4.12. The molecule has 0 spiro atoms. The number of hydrogen-bond acceptors (Lipinski definition) is 3. The van der Waals surface area contributed by atoms with E-state index in [4.69, 9.17) is 0 Å². The van der Waals surface area contributed by atoms with Crippen molar-refractivity contribution in [1.82, 2.24) is 14.9 Å². The lowest BCUT2D eigenvalue weighted by Crippen LogP contribution is -2.63. The molecule has 2 bridgehead atoms. The van der Waals surface area contributed by atoms with Gasteiger partial charge in [0.15, 0.2) is 0 Å². The fourth-order valence-corrected chi connectivity index (χ4v) is 4.12. The van der Waals surface area contributed by atoms with Gasteiger partial charge in [-0.3, -0.25) is 0 Å². The molecular weight excluding hydrogens is 319 g/mol. The largest absolute Gasteiger partial charge is 0.322 e. The highest BCUT2D eigenvalue weighted by molar-refractivity contribution is 5.91. The number of amides is 2. The van der Waals surface area contributed by atoms with E-state index in [1.165, 1.54) is 12.4 Å². The maximum absolute atomic E-state index is 14.0. The average Bonchev–Trinajstić information content (AvgIpc) is 2.57. The normalized spacial score (nSPS) is 24.6. The molecule has 5 nitrogen and oxygen atoms in total. The minimum atomic E-state index is -0.611. The molecule has 1 aromatic carbocycles. The number of anilines is 1. The number of fused-ring (bicyclic) bond motifs is 2. The highest BCUT2D eigenvalue weighted by Gasteiger charge is 2.46. The summed E-state index contributed by atoms with van der Waals surface area (Å²) in [7, 11) is 0. The van der Waals surface area contributed by atoms with Crippen molar-refractivity contribution in [3.63, 3.8) is 0 Å². The zero-order chi connectivity index (χ0) is 17.6. The van der Waals surface area contributed by atoms with Gasteiger partial charge in [0.25, 0.3) is 0 Å². The Morgan fingerprint density at radius 2 is 1.92 bits per heavy atom. The second-order valence-electron chi connectivity index (χ2n) is 7.18. The van der Waals surface area contributed by atoms with Gasteiger partial charge in [-0.2, -0.15) is 4.39 Å². The Labute approximate surface area is 146 Å². The maximum Gasteiger partial charge on any atom is 0.322 e. The van der Waals surface area contributed by atoms with Crippen LogP contribution in [0.15, 0.2) is 30.6 Å². The maximum atomic E-state index is 14.0. The van der Waals surface area contributed by atoms with Crippen molar-refractivity contribution in [2.75, 3.05) is 5.32 Å². The van der Waals surface area contributed by atoms with Gasteiger partial charge in [0.2, 0.25) is 5.95 Å². The number of halogens is 1. The van der Waals surface area contributed by atoms with Crippen molar-refractivity contribution in [2.45, 2.75) is 45.2 Å². The highest BCUT2D eigenvalue weighted by atomic mass is 19.1. The van der Waals surface area contributed by atoms with Gasteiger partial charge >= 0.3 is 6.03 Å². The third-order valence-electron chi connectivity index (χ3n) is 5.31. The Morgan fingerprint density at radius 3 is 2.64 bits per heavy atom. The summed E-state index contributed by atoms with van der Waals surface area (Å²) in [6.07, 6.45) is 6.05. The molecule has 0 radical (unpaired) electrons. The number of nitrogens with zero attached hydrogens (tertiary/aromatic N) is 3. The lowest BCUT2D eigenvalue weighted by atomic mass is 9.74. The fraction of sp³-hybridized carbons (Fsp3) is 0.421. The summed E-state index contributed by atoms with van der Waals surface area (Å²) in [4.78, 5) is 22.3. The lowest BCUT2D eigenvalue weighted by Gasteiger charge is -2.54. The van der Waals surface area contributed by atoms with Gasteiger partial charge in [-0.15, -0.1) is 0 Å². The number of carbonyl (C=O) groups is 1. The molecular formula is C19H21FN4O. The number of rotatable bonds is 2. The van der Waals surface area contributed by atoms with Crippen LogP contribution >= 0.6 is 0 Å². The molecule has 3 atom stereocenters. The molecule has 1 aromatic heterocycles. The van der Waals surface area contributed by atoms with Crippen LogP contribution in [0.4, 0.5) is 14.9 Å². The third kappa shape index (κ3) is 2.86. The predicted molar refractivity (Wildman–Crippen MR) is 93.6 cm³/mol. The van der Waals surface area contributed by atoms with Crippen molar-refractivity contribution in [3.05, 3.63) is 42.1 Å². The van der Waals surface area contributed by atoms with Gasteiger partial charge in [-0.25, -0.2) is 14.8 Å². The van der Waals surface area contributed by atoms with Gasteiger partial charge < -0.3 is 10.2 Å². The van der Waals surface area contributed by atoms with Gasteiger partial charge in [-0.05, 0) is 49.8 Å². The first-order valence-electron chi connectivity index (χ1n) is 8.69. The summed E-state index contributed by atoms with van der Waals surface area (Å²) >= 11 is 0. The minimum absolute atomic E-state index is 0.0671. The monoisotopic (exact) mass is 340 g/mol. The number of aromatic nitrogens is 2. The molecule has 0 aliphatic carbocycles. The van der Waals surface area contributed by atoms with E-state index in [9.17, 15) is 9.18 Å². The Bertz CT molecular complexity index is 813. The molecule has 130 valence electrons. The number of nitrogens with one attached hydrogen (secondary N) is 1. The van der Waals surface area contributed by atoms with Gasteiger partial charge in [0.05, 0.1) is 0 Å². The van der Waals surface area contributed by atoms with Crippen LogP contribution < -0.4 is 5.32 Å². The molecule has 1 N–H and O–H groups in total. The highest BCUT2D eigenvalue weighted by Crippen LogP contribution is 2.41. The van der Waals surface area contributed by atoms with Crippen molar-refractivity contribution in [3.8, 4) is 11.3 Å². The van der Waals surface area contributed by atoms with Crippen LogP contribution in [0, 0.1) is 18.8 Å². The summed E-state index contributed by atoms with van der Waals surface area (Å²) < 4.78 is 14.0. The van der Waals surface area contributed by atoms with Crippen molar-refractivity contribution in [2.24, 2.45) is 5.92 Å². The van der Waals surface area contributed by atoms with Crippen LogP contribution in [0.5, 0.6) is 0 Å². The van der Waals surface area contributed by atoms with Gasteiger partial charge in [-0.1, -0.05) is 13.0 Å². The molecule has 2 unspecified atom stereocenters. The quantitative estimate of drug-likeness (QED) is 0.899. The Hall–Kier alpha value is -2.50. The number of urea groups is 1. The zero-order valence-corrected chi connectivity index (χ0v) is 14.4. The molecule has 2 aliphatic rings. The molecule has 2 aliphatic heterocycles. The minimum Gasteiger partial charge on any atom is -0.318 e. The Balaban J connectivity index is 1.55. The van der Waals surface area contributed by atoms with Crippen molar-refractivity contribution in [1.29, 1.82) is 0 Å². The summed E-state index contributed by atoms with van der Waals surface area (Å²) in [5.41, 5.74) is 2.37. The van der Waals surface area contributed by atoms with E-state index < -0.39 is 5.95 Å². The molecule has 3 heterocycles. The van der Waals surface area contributed by atoms with Gasteiger partial charge in [0, 0.05) is 35.7 Å².